The average molecular weight is 240 g/mol. The highest BCUT2D eigenvalue weighted by molar-refractivity contribution is 6.30. The van der Waals surface area contributed by atoms with E-state index in [4.69, 9.17) is 17.3 Å². The maximum Gasteiger partial charge on any atom is 0.128 e. The van der Waals surface area contributed by atoms with Gasteiger partial charge in [-0.3, -0.25) is 0 Å². The molecule has 1 aromatic rings. The van der Waals surface area contributed by atoms with Gasteiger partial charge in [-0.1, -0.05) is 18.5 Å². The van der Waals surface area contributed by atoms with Crippen LogP contribution in [0.5, 0.6) is 0 Å². The molecule has 3 nitrogen and oxygen atoms in total. The first-order valence-corrected chi connectivity index (χ1v) is 6.24. The van der Waals surface area contributed by atoms with E-state index in [-0.39, 0.29) is 0 Å². The fourth-order valence-corrected chi connectivity index (χ4v) is 2.14. The summed E-state index contributed by atoms with van der Waals surface area (Å²) >= 11 is 5.97. The molecule has 1 saturated carbocycles. The summed E-state index contributed by atoms with van der Waals surface area (Å²) < 4.78 is 0. The van der Waals surface area contributed by atoms with E-state index >= 15 is 0 Å². The molecule has 0 spiro atoms. The van der Waals surface area contributed by atoms with E-state index < -0.39 is 0 Å². The SMILES string of the molecule is CCCNC(c1cc(Cl)cnc1N)C1CC1. The van der Waals surface area contributed by atoms with Crippen molar-refractivity contribution >= 4 is 17.4 Å². The fourth-order valence-electron chi connectivity index (χ4n) is 1.97. The molecule has 0 radical (unpaired) electrons. The molecule has 0 bridgehead atoms. The lowest BCUT2D eigenvalue weighted by Crippen LogP contribution is -2.25. The van der Waals surface area contributed by atoms with Crippen molar-refractivity contribution in [3.05, 3.63) is 22.8 Å². The van der Waals surface area contributed by atoms with Crippen LogP contribution in [0.15, 0.2) is 12.3 Å². The Kier molecular flexibility index (Phi) is 3.66. The van der Waals surface area contributed by atoms with Gasteiger partial charge in [0.1, 0.15) is 5.82 Å². The summed E-state index contributed by atoms with van der Waals surface area (Å²) in [5, 5.41) is 4.20. The number of nitrogens with one attached hydrogen (secondary N) is 1. The summed E-state index contributed by atoms with van der Waals surface area (Å²) in [7, 11) is 0. The van der Waals surface area contributed by atoms with Gasteiger partial charge in [-0.2, -0.15) is 0 Å². The van der Waals surface area contributed by atoms with Gasteiger partial charge in [0.15, 0.2) is 0 Å². The second-order valence-corrected chi connectivity index (χ2v) is 4.83. The van der Waals surface area contributed by atoms with Crippen LogP contribution in [0.1, 0.15) is 37.8 Å². The third-order valence-electron chi connectivity index (χ3n) is 2.96. The van der Waals surface area contributed by atoms with Crippen LogP contribution in [0.3, 0.4) is 0 Å². The summed E-state index contributed by atoms with van der Waals surface area (Å²) in [5.74, 6) is 1.30. The number of hydrogen-bond donors (Lipinski definition) is 2. The lowest BCUT2D eigenvalue weighted by molar-refractivity contribution is 0.481. The smallest absolute Gasteiger partial charge is 0.128 e. The largest absolute Gasteiger partial charge is 0.383 e. The highest BCUT2D eigenvalue weighted by Crippen LogP contribution is 2.42. The summed E-state index contributed by atoms with van der Waals surface area (Å²) in [6.45, 7) is 3.17. The number of nitrogens with zero attached hydrogens (tertiary/aromatic N) is 1. The Morgan fingerprint density at radius 1 is 1.62 bits per heavy atom. The van der Waals surface area contributed by atoms with Crippen molar-refractivity contribution < 1.29 is 0 Å². The first kappa shape index (κ1) is 11.7. The number of aromatic nitrogens is 1. The van der Waals surface area contributed by atoms with Gasteiger partial charge in [0.05, 0.1) is 5.02 Å². The molecule has 1 heterocycles. The molecule has 2 rings (SSSR count). The highest BCUT2D eigenvalue weighted by atomic mass is 35.5. The summed E-state index contributed by atoms with van der Waals surface area (Å²) in [6.07, 6.45) is 5.27. The van der Waals surface area contributed by atoms with E-state index in [0.29, 0.717) is 22.8 Å². The van der Waals surface area contributed by atoms with Crippen molar-refractivity contribution in [2.24, 2.45) is 5.92 Å². The van der Waals surface area contributed by atoms with E-state index in [9.17, 15) is 0 Å². The number of rotatable bonds is 5. The minimum Gasteiger partial charge on any atom is -0.383 e. The third kappa shape index (κ3) is 2.66. The van der Waals surface area contributed by atoms with Crippen molar-refractivity contribution in [1.82, 2.24) is 10.3 Å². The van der Waals surface area contributed by atoms with Gasteiger partial charge >= 0.3 is 0 Å². The first-order chi connectivity index (χ1) is 7.72. The molecule has 0 aliphatic heterocycles. The molecule has 1 aliphatic carbocycles. The zero-order valence-corrected chi connectivity index (χ0v) is 10.3. The maximum absolute atomic E-state index is 5.97. The van der Waals surface area contributed by atoms with Crippen molar-refractivity contribution in [2.75, 3.05) is 12.3 Å². The molecule has 0 aromatic carbocycles. The van der Waals surface area contributed by atoms with Gasteiger partial charge in [0, 0.05) is 17.8 Å². The molecule has 1 unspecified atom stereocenters. The standard InChI is InChI=1S/C12H18ClN3/c1-2-5-15-11(8-3-4-8)10-6-9(13)7-16-12(10)14/h6-8,11,15H,2-5H2,1H3,(H2,14,16). The highest BCUT2D eigenvalue weighted by Gasteiger charge is 2.33. The molecule has 0 amide bonds. The number of pyridine rings is 1. The molecule has 1 atom stereocenters. The van der Waals surface area contributed by atoms with Gasteiger partial charge in [-0.05, 0) is 37.8 Å². The fraction of sp³-hybridized carbons (Fsp3) is 0.583. The molecular formula is C12H18ClN3. The Hall–Kier alpha value is -0.800. The third-order valence-corrected chi connectivity index (χ3v) is 3.17. The Bertz CT molecular complexity index is 363. The average Bonchev–Trinajstić information content (AvgIpc) is 3.08. The predicted octanol–water partition coefficient (Wildman–Crippen LogP) is 2.77. The summed E-state index contributed by atoms with van der Waals surface area (Å²) in [4.78, 5) is 4.12. The van der Waals surface area contributed by atoms with Gasteiger partial charge in [-0.15, -0.1) is 0 Å². The quantitative estimate of drug-likeness (QED) is 0.831. The lowest BCUT2D eigenvalue weighted by atomic mass is 10.0. The molecule has 1 aromatic heterocycles. The van der Waals surface area contributed by atoms with E-state index in [2.05, 4.69) is 17.2 Å². The maximum atomic E-state index is 5.97. The zero-order chi connectivity index (χ0) is 11.5. The van der Waals surface area contributed by atoms with Crippen molar-refractivity contribution in [3.63, 3.8) is 0 Å². The topological polar surface area (TPSA) is 50.9 Å². The van der Waals surface area contributed by atoms with E-state index in [0.717, 1.165) is 18.5 Å². The Labute approximate surface area is 101 Å². The minimum absolute atomic E-state index is 0.325. The molecular weight excluding hydrogens is 222 g/mol. The molecule has 16 heavy (non-hydrogen) atoms. The number of nitrogens with two attached hydrogens (primary N) is 1. The Morgan fingerprint density at radius 3 is 3.00 bits per heavy atom. The summed E-state index contributed by atoms with van der Waals surface area (Å²) in [6, 6.07) is 2.27. The predicted molar refractivity (Wildman–Crippen MR) is 67.4 cm³/mol. The van der Waals surface area contributed by atoms with Crippen LogP contribution in [0.4, 0.5) is 5.82 Å². The van der Waals surface area contributed by atoms with Crippen LogP contribution in [-0.4, -0.2) is 11.5 Å². The molecule has 3 N–H and O–H groups in total. The van der Waals surface area contributed by atoms with Crippen molar-refractivity contribution in [2.45, 2.75) is 32.2 Å². The van der Waals surface area contributed by atoms with Crippen LogP contribution < -0.4 is 11.1 Å². The molecule has 88 valence electrons. The van der Waals surface area contributed by atoms with E-state index in [1.165, 1.54) is 12.8 Å². The van der Waals surface area contributed by atoms with Crippen LogP contribution in [0, 0.1) is 5.92 Å². The Morgan fingerprint density at radius 2 is 2.38 bits per heavy atom. The number of hydrogen-bond acceptors (Lipinski definition) is 3. The second kappa shape index (κ2) is 5.02. The molecule has 0 saturated heterocycles. The van der Waals surface area contributed by atoms with Gasteiger partial charge in [0.25, 0.3) is 0 Å². The summed E-state index contributed by atoms with van der Waals surface area (Å²) in [5.41, 5.74) is 6.98. The monoisotopic (exact) mass is 239 g/mol. The van der Waals surface area contributed by atoms with Crippen molar-refractivity contribution in [3.8, 4) is 0 Å². The van der Waals surface area contributed by atoms with Gasteiger partial charge in [0.2, 0.25) is 0 Å². The number of halogens is 1. The number of anilines is 1. The molecule has 4 heteroatoms. The van der Waals surface area contributed by atoms with Crippen LogP contribution in [-0.2, 0) is 0 Å². The van der Waals surface area contributed by atoms with Crippen LogP contribution in [0.25, 0.3) is 0 Å². The normalized spacial score (nSPS) is 17.4. The molecule has 1 aliphatic rings. The zero-order valence-electron chi connectivity index (χ0n) is 9.54. The first-order valence-electron chi connectivity index (χ1n) is 5.86. The Balaban J connectivity index is 2.19. The van der Waals surface area contributed by atoms with E-state index in [1.54, 1.807) is 6.20 Å². The van der Waals surface area contributed by atoms with Crippen molar-refractivity contribution in [1.29, 1.82) is 0 Å². The van der Waals surface area contributed by atoms with E-state index in [1.807, 2.05) is 6.07 Å². The van der Waals surface area contributed by atoms with Crippen LogP contribution in [0.2, 0.25) is 5.02 Å². The lowest BCUT2D eigenvalue weighted by Gasteiger charge is -2.19. The molecule has 1 fully saturated rings. The second-order valence-electron chi connectivity index (χ2n) is 4.40. The van der Waals surface area contributed by atoms with Gasteiger partial charge in [-0.25, -0.2) is 4.98 Å². The van der Waals surface area contributed by atoms with Crippen LogP contribution >= 0.6 is 11.6 Å². The number of nitrogen functional groups attached to an aromatic ring is 1. The van der Waals surface area contributed by atoms with Gasteiger partial charge < -0.3 is 11.1 Å². The minimum atomic E-state index is 0.325.